The summed E-state index contributed by atoms with van der Waals surface area (Å²) < 4.78 is 5.13. The topological polar surface area (TPSA) is 111 Å². The lowest BCUT2D eigenvalue weighted by molar-refractivity contribution is -0.384. The lowest BCUT2D eigenvalue weighted by Crippen LogP contribution is -2.35. The van der Waals surface area contributed by atoms with Crippen molar-refractivity contribution in [2.24, 2.45) is 5.92 Å². The minimum Gasteiger partial charge on any atom is -0.355 e. The molecule has 1 fully saturated rings. The Morgan fingerprint density at radius 3 is 2.70 bits per heavy atom. The summed E-state index contributed by atoms with van der Waals surface area (Å²) in [5, 5.41) is 17.3. The van der Waals surface area contributed by atoms with Gasteiger partial charge in [-0.2, -0.15) is 4.98 Å². The molecule has 2 aromatic rings. The van der Waals surface area contributed by atoms with Gasteiger partial charge in [0, 0.05) is 36.6 Å². The molecule has 1 aromatic heterocycles. The molecular formula is C15H16N4O4. The molecule has 1 N–H and O–H groups in total. The molecule has 1 aliphatic rings. The maximum Gasteiger partial charge on any atom is 0.269 e. The molecule has 8 heteroatoms. The molecule has 0 atom stereocenters. The number of nitro benzene ring substituents is 1. The van der Waals surface area contributed by atoms with E-state index in [1.807, 2.05) is 0 Å². The van der Waals surface area contributed by atoms with Crippen LogP contribution in [-0.4, -0.2) is 27.5 Å². The predicted octanol–water partition coefficient (Wildman–Crippen LogP) is 2.10. The van der Waals surface area contributed by atoms with Crippen LogP contribution in [0.3, 0.4) is 0 Å². The molecule has 1 aromatic carbocycles. The standard InChI is InChI=1S/C15H16N4O4/c20-15(11-2-1-3-11)16-9-8-13-17-14(18-23-13)10-4-6-12(7-5-10)19(21)22/h4-7,11H,1-3,8-9H2,(H,16,20). The zero-order valence-electron chi connectivity index (χ0n) is 12.4. The van der Waals surface area contributed by atoms with E-state index in [1.54, 1.807) is 12.1 Å². The molecule has 0 saturated heterocycles. The number of nitro groups is 1. The number of amides is 1. The quantitative estimate of drug-likeness (QED) is 0.645. The molecule has 23 heavy (non-hydrogen) atoms. The van der Waals surface area contributed by atoms with Gasteiger partial charge in [-0.25, -0.2) is 0 Å². The zero-order valence-corrected chi connectivity index (χ0v) is 12.4. The predicted molar refractivity (Wildman–Crippen MR) is 80.4 cm³/mol. The zero-order chi connectivity index (χ0) is 16.2. The maximum atomic E-state index is 11.7. The molecular weight excluding hydrogens is 300 g/mol. The number of benzene rings is 1. The van der Waals surface area contributed by atoms with E-state index < -0.39 is 4.92 Å². The number of carbonyl (C=O) groups is 1. The van der Waals surface area contributed by atoms with E-state index in [0.717, 1.165) is 19.3 Å². The van der Waals surface area contributed by atoms with E-state index in [-0.39, 0.29) is 17.5 Å². The first-order valence-corrected chi connectivity index (χ1v) is 7.48. The van der Waals surface area contributed by atoms with E-state index >= 15 is 0 Å². The summed E-state index contributed by atoms with van der Waals surface area (Å²) >= 11 is 0. The van der Waals surface area contributed by atoms with Crippen LogP contribution in [0, 0.1) is 16.0 Å². The first-order chi connectivity index (χ1) is 11.1. The van der Waals surface area contributed by atoms with Gasteiger partial charge in [0.25, 0.3) is 5.69 Å². The van der Waals surface area contributed by atoms with Crippen LogP contribution >= 0.6 is 0 Å². The molecule has 3 rings (SSSR count). The van der Waals surface area contributed by atoms with E-state index in [9.17, 15) is 14.9 Å². The minimum atomic E-state index is -0.462. The van der Waals surface area contributed by atoms with Gasteiger partial charge in [0.05, 0.1) is 4.92 Å². The molecule has 1 aliphatic carbocycles. The van der Waals surface area contributed by atoms with Crippen LogP contribution in [0.2, 0.25) is 0 Å². The molecule has 1 heterocycles. The number of non-ortho nitro benzene ring substituents is 1. The maximum absolute atomic E-state index is 11.7. The van der Waals surface area contributed by atoms with E-state index in [1.165, 1.54) is 12.1 Å². The number of hydrogen-bond donors (Lipinski definition) is 1. The molecule has 0 spiro atoms. The van der Waals surface area contributed by atoms with Crippen LogP contribution in [0.4, 0.5) is 5.69 Å². The van der Waals surface area contributed by atoms with Crippen molar-refractivity contribution in [2.75, 3.05) is 6.54 Å². The first-order valence-electron chi connectivity index (χ1n) is 7.48. The third-order valence-electron chi connectivity index (χ3n) is 3.92. The summed E-state index contributed by atoms with van der Waals surface area (Å²) in [7, 11) is 0. The summed E-state index contributed by atoms with van der Waals surface area (Å²) in [5.74, 6) is 1.05. The molecule has 1 saturated carbocycles. The van der Waals surface area contributed by atoms with Crippen molar-refractivity contribution in [3.63, 3.8) is 0 Å². The summed E-state index contributed by atoms with van der Waals surface area (Å²) in [6.45, 7) is 0.456. The van der Waals surface area contributed by atoms with E-state index in [2.05, 4.69) is 15.5 Å². The second-order valence-electron chi connectivity index (χ2n) is 5.48. The smallest absolute Gasteiger partial charge is 0.269 e. The molecule has 120 valence electrons. The molecule has 0 bridgehead atoms. The Morgan fingerprint density at radius 2 is 2.09 bits per heavy atom. The van der Waals surface area contributed by atoms with E-state index in [4.69, 9.17) is 4.52 Å². The van der Waals surface area contributed by atoms with Crippen LogP contribution in [0.15, 0.2) is 28.8 Å². The third-order valence-corrected chi connectivity index (χ3v) is 3.92. The van der Waals surface area contributed by atoms with Crippen molar-refractivity contribution in [2.45, 2.75) is 25.7 Å². The van der Waals surface area contributed by atoms with Crippen molar-refractivity contribution in [1.82, 2.24) is 15.5 Å². The van der Waals surface area contributed by atoms with Gasteiger partial charge in [-0.1, -0.05) is 11.6 Å². The normalized spacial score (nSPS) is 14.3. The highest BCUT2D eigenvalue weighted by molar-refractivity contribution is 5.79. The summed E-state index contributed by atoms with van der Waals surface area (Å²) in [6, 6.07) is 5.94. The summed E-state index contributed by atoms with van der Waals surface area (Å²) in [5.41, 5.74) is 0.653. The Hall–Kier alpha value is -2.77. The van der Waals surface area contributed by atoms with Crippen molar-refractivity contribution in [3.05, 3.63) is 40.3 Å². The van der Waals surface area contributed by atoms with Crippen LogP contribution in [-0.2, 0) is 11.2 Å². The Balaban J connectivity index is 1.55. The first kappa shape index (κ1) is 15.1. The highest BCUT2D eigenvalue weighted by Crippen LogP contribution is 2.26. The number of nitrogens with zero attached hydrogens (tertiary/aromatic N) is 3. The monoisotopic (exact) mass is 316 g/mol. The van der Waals surface area contributed by atoms with Gasteiger partial charge in [-0.15, -0.1) is 0 Å². The fourth-order valence-electron chi connectivity index (χ4n) is 2.31. The Kier molecular flexibility index (Phi) is 4.31. The van der Waals surface area contributed by atoms with Crippen molar-refractivity contribution in [3.8, 4) is 11.4 Å². The van der Waals surface area contributed by atoms with Crippen LogP contribution in [0.25, 0.3) is 11.4 Å². The second-order valence-corrected chi connectivity index (χ2v) is 5.48. The molecule has 0 unspecified atom stereocenters. The van der Waals surface area contributed by atoms with Crippen LogP contribution in [0.5, 0.6) is 0 Å². The van der Waals surface area contributed by atoms with E-state index in [0.29, 0.717) is 30.2 Å². The highest BCUT2D eigenvalue weighted by atomic mass is 16.6. The molecule has 8 nitrogen and oxygen atoms in total. The average molecular weight is 316 g/mol. The fourth-order valence-corrected chi connectivity index (χ4v) is 2.31. The van der Waals surface area contributed by atoms with Crippen molar-refractivity contribution < 1.29 is 14.2 Å². The third kappa shape index (κ3) is 3.53. The summed E-state index contributed by atoms with van der Waals surface area (Å²) in [6.07, 6.45) is 3.52. The van der Waals surface area contributed by atoms with Crippen molar-refractivity contribution in [1.29, 1.82) is 0 Å². The number of rotatable bonds is 6. The molecule has 0 radical (unpaired) electrons. The van der Waals surface area contributed by atoms with Crippen LogP contribution < -0.4 is 5.32 Å². The van der Waals surface area contributed by atoms with Gasteiger partial charge in [0.1, 0.15) is 0 Å². The summed E-state index contributed by atoms with van der Waals surface area (Å²) in [4.78, 5) is 26.1. The van der Waals surface area contributed by atoms with Crippen LogP contribution in [0.1, 0.15) is 25.2 Å². The fraction of sp³-hybridized carbons (Fsp3) is 0.400. The Labute approximate surface area is 132 Å². The van der Waals surface area contributed by atoms with Gasteiger partial charge in [-0.05, 0) is 25.0 Å². The number of nitrogens with one attached hydrogen (secondary N) is 1. The average Bonchev–Trinajstić information content (AvgIpc) is 2.94. The minimum absolute atomic E-state index is 0.0103. The SMILES string of the molecule is O=C(NCCc1nc(-c2ccc([N+](=O)[O-])cc2)no1)C1CCC1. The number of aromatic nitrogens is 2. The number of hydrogen-bond acceptors (Lipinski definition) is 6. The van der Waals surface area contributed by atoms with Crippen molar-refractivity contribution >= 4 is 11.6 Å². The second kappa shape index (κ2) is 6.55. The van der Waals surface area contributed by atoms with Gasteiger partial charge in [0.2, 0.25) is 17.6 Å². The Morgan fingerprint density at radius 1 is 1.35 bits per heavy atom. The van der Waals surface area contributed by atoms with Gasteiger partial charge in [-0.3, -0.25) is 14.9 Å². The molecule has 1 amide bonds. The number of carbonyl (C=O) groups excluding carboxylic acids is 1. The Bertz CT molecular complexity index is 707. The highest BCUT2D eigenvalue weighted by Gasteiger charge is 2.24. The lowest BCUT2D eigenvalue weighted by atomic mass is 9.85. The van der Waals surface area contributed by atoms with Gasteiger partial charge < -0.3 is 9.84 Å². The van der Waals surface area contributed by atoms with Gasteiger partial charge in [0.15, 0.2) is 0 Å². The largest absolute Gasteiger partial charge is 0.355 e. The lowest BCUT2D eigenvalue weighted by Gasteiger charge is -2.23. The molecule has 0 aliphatic heterocycles. The van der Waals surface area contributed by atoms with Gasteiger partial charge >= 0.3 is 0 Å².